The number of nitrogens with one attached hydrogen (secondary N) is 1. The molecule has 3 nitrogen and oxygen atoms in total. The molecule has 1 fully saturated rings. The minimum absolute atomic E-state index is 0.0142. The minimum Gasteiger partial charge on any atom is -0.508 e. The molecular formula is C11H12FNO2. The van der Waals surface area contributed by atoms with Gasteiger partial charge in [0.05, 0.1) is 5.56 Å². The fourth-order valence-corrected chi connectivity index (χ4v) is 1.50. The highest BCUT2D eigenvalue weighted by atomic mass is 19.1. The highest BCUT2D eigenvalue weighted by Gasteiger charge is 2.21. The van der Waals surface area contributed by atoms with Crippen LogP contribution in [0.1, 0.15) is 29.6 Å². The first-order valence-electron chi connectivity index (χ1n) is 4.96. The fraction of sp³-hybridized carbons (Fsp3) is 0.364. The summed E-state index contributed by atoms with van der Waals surface area (Å²) in [5.74, 6) is -1.27. The van der Waals surface area contributed by atoms with E-state index >= 15 is 0 Å². The number of carbonyl (C=O) groups is 1. The number of rotatable bonds is 2. The Morgan fingerprint density at radius 1 is 1.47 bits per heavy atom. The van der Waals surface area contributed by atoms with Crippen LogP contribution in [0.2, 0.25) is 0 Å². The van der Waals surface area contributed by atoms with Crippen LogP contribution in [0, 0.1) is 5.82 Å². The van der Waals surface area contributed by atoms with Gasteiger partial charge in [0.15, 0.2) is 0 Å². The quantitative estimate of drug-likeness (QED) is 0.780. The van der Waals surface area contributed by atoms with Gasteiger partial charge in [-0.1, -0.05) is 0 Å². The SMILES string of the molecule is O=C(NC1CCC1)c1ccc(O)cc1F. The molecule has 1 saturated carbocycles. The number of hydrogen-bond donors (Lipinski definition) is 2. The van der Waals surface area contributed by atoms with Gasteiger partial charge >= 0.3 is 0 Å². The van der Waals surface area contributed by atoms with E-state index < -0.39 is 11.7 Å². The zero-order valence-electron chi connectivity index (χ0n) is 8.16. The van der Waals surface area contributed by atoms with Crippen molar-refractivity contribution >= 4 is 5.91 Å². The van der Waals surface area contributed by atoms with Crippen molar-refractivity contribution in [3.8, 4) is 5.75 Å². The van der Waals surface area contributed by atoms with E-state index in [2.05, 4.69) is 5.32 Å². The third kappa shape index (κ3) is 2.09. The summed E-state index contributed by atoms with van der Waals surface area (Å²) in [7, 11) is 0. The standard InChI is InChI=1S/C11H12FNO2/c12-10-6-8(14)4-5-9(10)11(15)13-7-2-1-3-7/h4-7,14H,1-3H2,(H,13,15). The molecular weight excluding hydrogens is 197 g/mol. The van der Waals surface area contributed by atoms with Gasteiger partial charge in [-0.3, -0.25) is 4.79 Å². The molecule has 2 N–H and O–H groups in total. The summed E-state index contributed by atoms with van der Waals surface area (Å²) in [6.07, 6.45) is 3.04. The predicted octanol–water partition coefficient (Wildman–Crippen LogP) is 1.81. The first-order valence-corrected chi connectivity index (χ1v) is 4.96. The average Bonchev–Trinajstić information content (AvgIpc) is 2.11. The number of aromatic hydroxyl groups is 1. The van der Waals surface area contributed by atoms with Crippen LogP contribution in [0.4, 0.5) is 4.39 Å². The summed E-state index contributed by atoms with van der Waals surface area (Å²) in [4.78, 5) is 11.5. The Bertz CT molecular complexity index is 388. The Labute approximate surface area is 86.9 Å². The molecule has 0 unspecified atom stereocenters. The van der Waals surface area contributed by atoms with Crippen LogP contribution in [0.5, 0.6) is 5.75 Å². The number of hydrogen-bond acceptors (Lipinski definition) is 2. The number of phenolic OH excluding ortho intramolecular Hbond substituents is 1. The lowest BCUT2D eigenvalue weighted by Crippen LogP contribution is -2.39. The van der Waals surface area contributed by atoms with E-state index in [-0.39, 0.29) is 17.4 Å². The number of carbonyl (C=O) groups excluding carboxylic acids is 1. The third-order valence-corrected chi connectivity index (χ3v) is 2.64. The van der Waals surface area contributed by atoms with Gasteiger partial charge in [-0.25, -0.2) is 4.39 Å². The summed E-state index contributed by atoms with van der Waals surface area (Å²) in [5.41, 5.74) is -0.0142. The molecule has 0 saturated heterocycles. The van der Waals surface area contributed by atoms with E-state index in [1.54, 1.807) is 0 Å². The second-order valence-electron chi connectivity index (χ2n) is 3.77. The van der Waals surface area contributed by atoms with Crippen molar-refractivity contribution in [3.63, 3.8) is 0 Å². The average molecular weight is 209 g/mol. The number of benzene rings is 1. The summed E-state index contributed by atoms with van der Waals surface area (Å²) in [6, 6.07) is 3.72. The van der Waals surface area contributed by atoms with Gasteiger partial charge in [0, 0.05) is 12.1 Å². The lowest BCUT2D eigenvalue weighted by Gasteiger charge is -2.26. The van der Waals surface area contributed by atoms with Crippen LogP contribution in [-0.2, 0) is 0 Å². The topological polar surface area (TPSA) is 49.3 Å². The number of phenols is 1. The predicted molar refractivity (Wildman–Crippen MR) is 53.2 cm³/mol. The largest absolute Gasteiger partial charge is 0.508 e. The molecule has 0 bridgehead atoms. The van der Waals surface area contributed by atoms with Crippen LogP contribution in [0.3, 0.4) is 0 Å². The zero-order chi connectivity index (χ0) is 10.8. The van der Waals surface area contributed by atoms with Crippen molar-refractivity contribution in [2.75, 3.05) is 0 Å². The second-order valence-corrected chi connectivity index (χ2v) is 3.77. The Kier molecular flexibility index (Phi) is 2.58. The van der Waals surface area contributed by atoms with Gasteiger partial charge < -0.3 is 10.4 Å². The Morgan fingerprint density at radius 2 is 2.20 bits per heavy atom. The van der Waals surface area contributed by atoms with Crippen molar-refractivity contribution in [2.24, 2.45) is 0 Å². The summed E-state index contributed by atoms with van der Waals surface area (Å²) in [5, 5.41) is 11.7. The third-order valence-electron chi connectivity index (χ3n) is 2.64. The van der Waals surface area contributed by atoms with Gasteiger partial charge in [0.2, 0.25) is 0 Å². The van der Waals surface area contributed by atoms with E-state index in [9.17, 15) is 9.18 Å². The number of halogens is 1. The van der Waals surface area contributed by atoms with E-state index in [1.807, 2.05) is 0 Å². The van der Waals surface area contributed by atoms with Crippen molar-refractivity contribution < 1.29 is 14.3 Å². The van der Waals surface area contributed by atoms with E-state index in [0.29, 0.717) is 0 Å². The molecule has 1 aliphatic carbocycles. The van der Waals surface area contributed by atoms with Gasteiger partial charge in [0.25, 0.3) is 5.91 Å². The first-order chi connectivity index (χ1) is 7.16. The molecule has 0 spiro atoms. The van der Waals surface area contributed by atoms with Crippen molar-refractivity contribution in [1.82, 2.24) is 5.32 Å². The zero-order valence-corrected chi connectivity index (χ0v) is 8.16. The van der Waals surface area contributed by atoms with Crippen LogP contribution in [0.25, 0.3) is 0 Å². The fourth-order valence-electron chi connectivity index (χ4n) is 1.50. The molecule has 0 aromatic heterocycles. The molecule has 2 rings (SSSR count). The molecule has 1 aliphatic rings. The normalized spacial score (nSPS) is 15.8. The Balaban J connectivity index is 2.10. The van der Waals surface area contributed by atoms with Crippen LogP contribution < -0.4 is 5.32 Å². The monoisotopic (exact) mass is 209 g/mol. The van der Waals surface area contributed by atoms with Crippen molar-refractivity contribution in [3.05, 3.63) is 29.6 Å². The van der Waals surface area contributed by atoms with Gasteiger partial charge in [0.1, 0.15) is 11.6 Å². The maximum atomic E-state index is 13.3. The molecule has 4 heteroatoms. The molecule has 0 heterocycles. The summed E-state index contributed by atoms with van der Waals surface area (Å²) >= 11 is 0. The molecule has 0 aliphatic heterocycles. The molecule has 1 amide bonds. The maximum Gasteiger partial charge on any atom is 0.254 e. The first kappa shape index (κ1) is 9.96. The summed E-state index contributed by atoms with van der Waals surface area (Å²) < 4.78 is 13.3. The molecule has 1 aromatic rings. The highest BCUT2D eigenvalue weighted by molar-refractivity contribution is 5.94. The molecule has 1 aromatic carbocycles. The Morgan fingerprint density at radius 3 is 2.73 bits per heavy atom. The second kappa shape index (κ2) is 3.88. The Hall–Kier alpha value is -1.58. The molecule has 80 valence electrons. The number of amides is 1. The molecule has 15 heavy (non-hydrogen) atoms. The minimum atomic E-state index is -0.688. The van der Waals surface area contributed by atoms with Crippen molar-refractivity contribution in [2.45, 2.75) is 25.3 Å². The van der Waals surface area contributed by atoms with Gasteiger partial charge in [-0.05, 0) is 31.4 Å². The smallest absolute Gasteiger partial charge is 0.254 e. The van der Waals surface area contributed by atoms with Crippen LogP contribution in [0.15, 0.2) is 18.2 Å². The van der Waals surface area contributed by atoms with Crippen molar-refractivity contribution in [1.29, 1.82) is 0 Å². The van der Waals surface area contributed by atoms with Gasteiger partial charge in [-0.15, -0.1) is 0 Å². The van der Waals surface area contributed by atoms with E-state index in [1.165, 1.54) is 12.1 Å². The molecule has 0 atom stereocenters. The van der Waals surface area contributed by atoms with Gasteiger partial charge in [-0.2, -0.15) is 0 Å². The summed E-state index contributed by atoms with van der Waals surface area (Å²) in [6.45, 7) is 0. The lowest BCUT2D eigenvalue weighted by molar-refractivity contribution is 0.0913. The van der Waals surface area contributed by atoms with Crippen LogP contribution in [-0.4, -0.2) is 17.1 Å². The van der Waals surface area contributed by atoms with E-state index in [0.717, 1.165) is 25.3 Å². The lowest BCUT2D eigenvalue weighted by atomic mass is 9.93. The van der Waals surface area contributed by atoms with E-state index in [4.69, 9.17) is 5.11 Å². The highest BCUT2D eigenvalue weighted by Crippen LogP contribution is 2.20. The maximum absolute atomic E-state index is 13.3. The van der Waals surface area contributed by atoms with Crippen LogP contribution >= 0.6 is 0 Å². The molecule has 0 radical (unpaired) electrons.